The maximum atomic E-state index is 13.0. The number of nitrogens with zero attached hydrogens (tertiary/aromatic N) is 3. The van der Waals surface area contributed by atoms with Crippen LogP contribution >= 0.6 is 0 Å². The van der Waals surface area contributed by atoms with Crippen molar-refractivity contribution in [3.63, 3.8) is 0 Å². The minimum absolute atomic E-state index is 0.0238. The monoisotopic (exact) mass is 502 g/mol. The average molecular weight is 503 g/mol. The van der Waals surface area contributed by atoms with Crippen molar-refractivity contribution >= 4 is 23.3 Å². The topological polar surface area (TPSA) is 105 Å². The number of amides is 1. The van der Waals surface area contributed by atoms with E-state index in [-0.39, 0.29) is 24.1 Å². The Morgan fingerprint density at radius 2 is 1.81 bits per heavy atom. The van der Waals surface area contributed by atoms with Gasteiger partial charge in [0.25, 0.3) is 0 Å². The summed E-state index contributed by atoms with van der Waals surface area (Å²) in [5.41, 5.74) is 0.630. The third kappa shape index (κ3) is 6.83. The molecule has 11 heteroatoms. The summed E-state index contributed by atoms with van der Waals surface area (Å²) >= 11 is 0. The van der Waals surface area contributed by atoms with Gasteiger partial charge in [-0.25, -0.2) is 9.78 Å². The number of hydrogen-bond donors (Lipinski definition) is 3. The fraction of sp³-hybridized carbons (Fsp3) is 0.360. The summed E-state index contributed by atoms with van der Waals surface area (Å²) in [6.45, 7) is 9.00. The number of nitrogens with one attached hydrogen (secondary N) is 3. The van der Waals surface area contributed by atoms with Gasteiger partial charge in [-0.2, -0.15) is 18.3 Å². The van der Waals surface area contributed by atoms with Gasteiger partial charge in [0.1, 0.15) is 11.4 Å². The van der Waals surface area contributed by atoms with Crippen molar-refractivity contribution in [1.82, 2.24) is 20.1 Å². The molecule has 0 radical (unpaired) electrons. The third-order valence-corrected chi connectivity index (χ3v) is 4.98. The molecular weight excluding hydrogens is 473 g/mol. The number of carbonyl (C=O) groups excluding carboxylic acids is 1. The van der Waals surface area contributed by atoms with Crippen molar-refractivity contribution in [3.05, 3.63) is 60.0 Å². The molecule has 8 nitrogen and oxygen atoms in total. The number of alkyl halides is 3. The molecule has 0 fully saturated rings. The van der Waals surface area contributed by atoms with E-state index in [0.29, 0.717) is 16.8 Å². The van der Waals surface area contributed by atoms with E-state index in [1.54, 1.807) is 37.7 Å². The van der Waals surface area contributed by atoms with Crippen LogP contribution in [0.15, 0.2) is 48.9 Å². The zero-order valence-corrected chi connectivity index (χ0v) is 20.7. The lowest BCUT2D eigenvalue weighted by molar-refractivity contribution is -0.137. The van der Waals surface area contributed by atoms with Gasteiger partial charge >= 0.3 is 12.3 Å². The van der Waals surface area contributed by atoms with Gasteiger partial charge < -0.3 is 20.8 Å². The summed E-state index contributed by atoms with van der Waals surface area (Å²) in [5, 5.41) is 18.7. The maximum Gasteiger partial charge on any atom is 0.416 e. The molecule has 0 bridgehead atoms. The molecule has 2 heterocycles. The molecule has 0 aliphatic heterocycles. The van der Waals surface area contributed by atoms with E-state index in [2.05, 4.69) is 20.7 Å². The van der Waals surface area contributed by atoms with Crippen LogP contribution in [0.3, 0.4) is 0 Å². The number of rotatable bonds is 7. The highest BCUT2D eigenvalue weighted by Crippen LogP contribution is 2.33. The number of halogens is 3. The second kappa shape index (κ2) is 10.4. The zero-order valence-electron chi connectivity index (χ0n) is 20.7. The molecule has 1 amide bonds. The Kier molecular flexibility index (Phi) is 7.71. The Bertz CT molecular complexity index is 1230. The molecule has 1 aromatic carbocycles. The molecule has 0 unspecified atom stereocenters. The van der Waals surface area contributed by atoms with Gasteiger partial charge in [-0.05, 0) is 70.5 Å². The number of carbonyl (C=O) groups is 1. The lowest BCUT2D eigenvalue weighted by atomic mass is 9.99. The summed E-state index contributed by atoms with van der Waals surface area (Å²) in [6.07, 6.45) is -0.0991. The molecule has 0 saturated carbocycles. The highest BCUT2D eigenvalue weighted by atomic mass is 19.4. The van der Waals surface area contributed by atoms with Crippen molar-refractivity contribution in [2.45, 2.75) is 52.4 Å². The smallest absolute Gasteiger partial charge is 0.416 e. The maximum absolute atomic E-state index is 13.0. The second-order valence-electron chi connectivity index (χ2n) is 9.42. The van der Waals surface area contributed by atoms with E-state index in [4.69, 9.17) is 10.1 Å². The summed E-state index contributed by atoms with van der Waals surface area (Å²) in [7, 11) is 0. The van der Waals surface area contributed by atoms with Gasteiger partial charge in [-0.15, -0.1) is 0 Å². The van der Waals surface area contributed by atoms with Gasteiger partial charge in [0, 0.05) is 35.2 Å². The summed E-state index contributed by atoms with van der Waals surface area (Å²) in [4.78, 5) is 16.5. The van der Waals surface area contributed by atoms with Crippen LogP contribution in [0.4, 0.5) is 29.5 Å². The van der Waals surface area contributed by atoms with E-state index in [0.717, 1.165) is 17.7 Å². The lowest BCUT2D eigenvalue weighted by Gasteiger charge is -2.20. The number of anilines is 2. The minimum atomic E-state index is -4.45. The molecule has 0 atom stereocenters. The predicted molar refractivity (Wildman–Crippen MR) is 132 cm³/mol. The molecule has 0 spiro atoms. The van der Waals surface area contributed by atoms with Crippen LogP contribution in [0.1, 0.15) is 51.8 Å². The first kappa shape index (κ1) is 26.7. The standard InChI is InChI=1S/C25H29F3N6O2/c1-15(2)34-14-16(12-32-34)19-10-11-30-22(33-18-8-6-17(7-9-18)25(26,27)28)21(19)20(29)13-31-23(35)36-24(3,4)5/h6-12,14-15,29H,13H2,1-5H3,(H,30,33)(H,31,35). The Balaban J connectivity index is 1.97. The molecule has 3 N–H and O–H groups in total. The number of alkyl carbamates (subject to hydrolysis) is 1. The van der Waals surface area contributed by atoms with Crippen molar-refractivity contribution in [1.29, 1.82) is 5.41 Å². The van der Waals surface area contributed by atoms with Crippen LogP contribution in [0.5, 0.6) is 0 Å². The first-order valence-electron chi connectivity index (χ1n) is 11.3. The van der Waals surface area contributed by atoms with Crippen molar-refractivity contribution in [2.75, 3.05) is 11.9 Å². The van der Waals surface area contributed by atoms with Crippen LogP contribution in [0.2, 0.25) is 0 Å². The highest BCUT2D eigenvalue weighted by molar-refractivity contribution is 6.10. The molecule has 0 aliphatic rings. The summed E-state index contributed by atoms with van der Waals surface area (Å²) in [5.74, 6) is 0.251. The van der Waals surface area contributed by atoms with Crippen molar-refractivity contribution in [2.24, 2.45) is 0 Å². The van der Waals surface area contributed by atoms with E-state index in [1.165, 1.54) is 18.3 Å². The van der Waals surface area contributed by atoms with Gasteiger partial charge in [0.15, 0.2) is 0 Å². The van der Waals surface area contributed by atoms with Gasteiger partial charge in [0.05, 0.1) is 24.0 Å². The van der Waals surface area contributed by atoms with Gasteiger partial charge in [-0.1, -0.05) is 0 Å². The van der Waals surface area contributed by atoms with Gasteiger partial charge in [-0.3, -0.25) is 4.68 Å². The normalized spacial score (nSPS) is 11.9. The fourth-order valence-electron chi connectivity index (χ4n) is 3.30. The average Bonchev–Trinajstić information content (AvgIpc) is 3.26. The summed E-state index contributed by atoms with van der Waals surface area (Å²) in [6, 6.07) is 6.35. The molecule has 0 saturated heterocycles. The fourth-order valence-corrected chi connectivity index (χ4v) is 3.30. The molecule has 192 valence electrons. The number of benzene rings is 1. The first-order valence-corrected chi connectivity index (χ1v) is 11.3. The molecule has 36 heavy (non-hydrogen) atoms. The lowest BCUT2D eigenvalue weighted by Crippen LogP contribution is -2.35. The second-order valence-corrected chi connectivity index (χ2v) is 9.42. The van der Waals surface area contributed by atoms with Crippen molar-refractivity contribution in [3.8, 4) is 11.1 Å². The van der Waals surface area contributed by atoms with Crippen LogP contribution in [-0.2, 0) is 10.9 Å². The third-order valence-electron chi connectivity index (χ3n) is 4.98. The number of ether oxygens (including phenoxy) is 1. The molecule has 3 aromatic rings. The largest absolute Gasteiger partial charge is 0.444 e. The Hall–Kier alpha value is -3.89. The van der Waals surface area contributed by atoms with E-state index >= 15 is 0 Å². The quantitative estimate of drug-likeness (QED) is 0.335. The number of aromatic nitrogens is 3. The number of pyridine rings is 1. The first-order chi connectivity index (χ1) is 16.7. The highest BCUT2D eigenvalue weighted by Gasteiger charge is 2.30. The zero-order chi connectivity index (χ0) is 26.7. The van der Waals surface area contributed by atoms with Gasteiger partial charge in [0.2, 0.25) is 0 Å². The molecule has 2 aromatic heterocycles. The van der Waals surface area contributed by atoms with Crippen LogP contribution in [0.25, 0.3) is 11.1 Å². The Morgan fingerprint density at radius 1 is 1.14 bits per heavy atom. The van der Waals surface area contributed by atoms with Crippen LogP contribution in [0, 0.1) is 5.41 Å². The molecule has 3 rings (SSSR count). The van der Waals surface area contributed by atoms with E-state index in [9.17, 15) is 18.0 Å². The Labute approximate surface area is 207 Å². The van der Waals surface area contributed by atoms with E-state index < -0.39 is 23.4 Å². The van der Waals surface area contributed by atoms with Crippen LogP contribution < -0.4 is 10.6 Å². The molecule has 0 aliphatic carbocycles. The SMILES string of the molecule is CC(C)n1cc(-c2ccnc(Nc3ccc(C(F)(F)F)cc3)c2C(=N)CNC(=O)OC(C)(C)C)cn1. The van der Waals surface area contributed by atoms with Crippen LogP contribution in [-0.4, -0.2) is 38.7 Å². The number of hydrogen-bond acceptors (Lipinski definition) is 6. The predicted octanol–water partition coefficient (Wildman–Crippen LogP) is 6.18. The molecular formula is C25H29F3N6O2. The Morgan fingerprint density at radius 3 is 2.36 bits per heavy atom. The van der Waals surface area contributed by atoms with Crippen molar-refractivity contribution < 1.29 is 22.7 Å². The minimum Gasteiger partial charge on any atom is -0.444 e. The van der Waals surface area contributed by atoms with E-state index in [1.807, 2.05) is 20.0 Å². The summed E-state index contributed by atoms with van der Waals surface area (Å²) < 4.78 is 45.9.